The van der Waals surface area contributed by atoms with Crippen LogP contribution in [-0.2, 0) is 13.5 Å². The van der Waals surface area contributed by atoms with E-state index < -0.39 is 0 Å². The Morgan fingerprint density at radius 3 is 2.85 bits per heavy atom. The zero-order valence-corrected chi connectivity index (χ0v) is 15.1. The van der Waals surface area contributed by atoms with Crippen molar-refractivity contribution in [2.24, 2.45) is 7.05 Å². The first-order valence-electron chi connectivity index (χ1n) is 9.28. The van der Waals surface area contributed by atoms with Crippen molar-refractivity contribution < 1.29 is 4.79 Å². The lowest BCUT2D eigenvalue weighted by atomic mass is 9.89. The molecule has 1 aliphatic rings. The lowest BCUT2D eigenvalue weighted by Gasteiger charge is -2.32. The molecule has 0 bridgehead atoms. The van der Waals surface area contributed by atoms with Crippen LogP contribution in [0.15, 0.2) is 42.7 Å². The number of H-pyrrole nitrogens is 1. The lowest BCUT2D eigenvalue weighted by Crippen LogP contribution is -2.44. The second kappa shape index (κ2) is 7.23. The third-order valence-corrected chi connectivity index (χ3v) is 5.27. The summed E-state index contributed by atoms with van der Waals surface area (Å²) in [5.74, 6) is 0.517. The fraction of sp³-hybridized carbons (Fsp3) is 0.400. The maximum atomic E-state index is 12.4. The van der Waals surface area contributed by atoms with E-state index in [1.54, 1.807) is 4.68 Å². The van der Waals surface area contributed by atoms with Crippen LogP contribution in [0.3, 0.4) is 0 Å². The van der Waals surface area contributed by atoms with Crippen molar-refractivity contribution in [3.05, 3.63) is 54.0 Å². The molecule has 6 nitrogen and oxygen atoms in total. The van der Waals surface area contributed by atoms with Gasteiger partial charge < -0.3 is 15.2 Å². The van der Waals surface area contributed by atoms with E-state index in [0.29, 0.717) is 12.5 Å². The normalized spacial score (nSPS) is 15.5. The second-order valence-corrected chi connectivity index (χ2v) is 7.01. The van der Waals surface area contributed by atoms with Crippen LogP contribution in [-0.4, -0.2) is 45.3 Å². The monoisotopic (exact) mass is 351 g/mol. The van der Waals surface area contributed by atoms with E-state index in [4.69, 9.17) is 0 Å². The van der Waals surface area contributed by atoms with Crippen LogP contribution in [0, 0.1) is 0 Å². The minimum Gasteiger partial charge on any atom is -0.361 e. The molecule has 26 heavy (non-hydrogen) atoms. The molecule has 2 amide bonds. The number of fused-ring (bicyclic) bond motifs is 1. The van der Waals surface area contributed by atoms with Gasteiger partial charge in [-0.1, -0.05) is 18.2 Å². The van der Waals surface area contributed by atoms with E-state index in [1.807, 2.05) is 24.2 Å². The third-order valence-electron chi connectivity index (χ3n) is 5.27. The molecule has 0 unspecified atom stereocenters. The Morgan fingerprint density at radius 2 is 2.08 bits per heavy atom. The molecule has 4 rings (SSSR count). The molecular formula is C20H25N5O. The molecule has 3 aromatic rings. The van der Waals surface area contributed by atoms with E-state index in [2.05, 4.69) is 45.9 Å². The van der Waals surface area contributed by atoms with Crippen molar-refractivity contribution in [1.82, 2.24) is 25.0 Å². The van der Waals surface area contributed by atoms with Gasteiger partial charge in [0.25, 0.3) is 0 Å². The Balaban J connectivity index is 1.28. The number of aromatic nitrogens is 3. The molecule has 1 aromatic carbocycles. The largest absolute Gasteiger partial charge is 0.361 e. The number of benzene rings is 1. The van der Waals surface area contributed by atoms with Crippen LogP contribution in [0.1, 0.15) is 30.0 Å². The van der Waals surface area contributed by atoms with Crippen molar-refractivity contribution in [3.8, 4) is 0 Å². The van der Waals surface area contributed by atoms with Crippen molar-refractivity contribution in [3.63, 3.8) is 0 Å². The topological polar surface area (TPSA) is 66.0 Å². The quantitative estimate of drug-likeness (QED) is 0.759. The van der Waals surface area contributed by atoms with Gasteiger partial charge in [-0.25, -0.2) is 4.79 Å². The van der Waals surface area contributed by atoms with Crippen LogP contribution in [0.4, 0.5) is 4.79 Å². The summed E-state index contributed by atoms with van der Waals surface area (Å²) in [5, 5.41) is 8.66. The molecule has 2 N–H and O–H groups in total. The number of aryl methyl sites for hydroxylation is 1. The number of nitrogens with one attached hydrogen (secondary N) is 2. The Hall–Kier alpha value is -2.76. The summed E-state index contributed by atoms with van der Waals surface area (Å²) in [5.41, 5.74) is 3.58. The van der Waals surface area contributed by atoms with Gasteiger partial charge in [-0.15, -0.1) is 0 Å². The Morgan fingerprint density at radius 1 is 1.27 bits per heavy atom. The van der Waals surface area contributed by atoms with Crippen molar-refractivity contribution in [2.45, 2.75) is 25.2 Å². The third kappa shape index (κ3) is 3.45. The van der Waals surface area contributed by atoms with E-state index in [1.165, 1.54) is 16.5 Å². The Labute approximate surface area is 153 Å². The molecule has 6 heteroatoms. The fourth-order valence-electron chi connectivity index (χ4n) is 3.83. The molecule has 1 fully saturated rings. The highest BCUT2D eigenvalue weighted by Crippen LogP contribution is 2.32. The molecule has 136 valence electrons. The molecule has 0 spiro atoms. The average molecular weight is 351 g/mol. The molecule has 3 heterocycles. The summed E-state index contributed by atoms with van der Waals surface area (Å²) in [6, 6.07) is 10.5. The molecule has 0 aliphatic carbocycles. The number of urea groups is 1. The zero-order chi connectivity index (χ0) is 17.9. The standard InChI is InChI=1S/C20H25N5O/c1-24-11-9-16(23-24)6-10-21-20(26)25-12-7-15(8-13-25)18-14-22-19-5-3-2-4-17(18)19/h2-5,9,11,14-15,22H,6-8,10,12-13H2,1H3,(H,21,26). The number of carbonyl (C=O) groups excluding carboxylic acids is 1. The van der Waals surface area contributed by atoms with Gasteiger partial charge in [-0.05, 0) is 36.5 Å². The highest BCUT2D eigenvalue weighted by Gasteiger charge is 2.25. The zero-order valence-electron chi connectivity index (χ0n) is 15.1. The fourth-order valence-corrected chi connectivity index (χ4v) is 3.83. The highest BCUT2D eigenvalue weighted by atomic mass is 16.2. The lowest BCUT2D eigenvalue weighted by molar-refractivity contribution is 0.181. The van der Waals surface area contributed by atoms with Crippen molar-refractivity contribution in [2.75, 3.05) is 19.6 Å². The molecule has 1 aliphatic heterocycles. The van der Waals surface area contributed by atoms with E-state index in [-0.39, 0.29) is 6.03 Å². The number of likely N-dealkylation sites (tertiary alicyclic amines) is 1. The summed E-state index contributed by atoms with van der Waals surface area (Å²) in [6.45, 7) is 2.23. The molecule has 0 radical (unpaired) electrons. The van der Waals surface area contributed by atoms with Crippen LogP contribution < -0.4 is 5.32 Å². The number of carbonyl (C=O) groups is 1. The van der Waals surface area contributed by atoms with Gasteiger partial charge in [0.1, 0.15) is 0 Å². The Bertz CT molecular complexity index is 888. The van der Waals surface area contributed by atoms with Gasteiger partial charge >= 0.3 is 6.03 Å². The number of aromatic amines is 1. The summed E-state index contributed by atoms with van der Waals surface area (Å²) in [4.78, 5) is 17.7. The SMILES string of the molecule is Cn1ccc(CCNC(=O)N2CCC(c3c[nH]c4ccccc34)CC2)n1. The van der Waals surface area contributed by atoms with Gasteiger partial charge in [0.2, 0.25) is 0 Å². The van der Waals surface area contributed by atoms with E-state index >= 15 is 0 Å². The summed E-state index contributed by atoms with van der Waals surface area (Å²) in [6.07, 6.45) is 6.84. The molecule has 2 aromatic heterocycles. The van der Waals surface area contributed by atoms with Crippen molar-refractivity contribution >= 4 is 16.9 Å². The first kappa shape index (κ1) is 16.7. The first-order valence-corrected chi connectivity index (χ1v) is 9.28. The minimum absolute atomic E-state index is 0.0401. The maximum absolute atomic E-state index is 12.4. The number of hydrogen-bond donors (Lipinski definition) is 2. The van der Waals surface area contributed by atoms with Gasteiger partial charge in [0.05, 0.1) is 5.69 Å². The number of piperidine rings is 1. The molecule has 0 saturated carbocycles. The molecule has 0 atom stereocenters. The Kier molecular flexibility index (Phi) is 4.65. The summed E-state index contributed by atoms with van der Waals surface area (Å²) in [7, 11) is 1.90. The van der Waals surface area contributed by atoms with Crippen LogP contribution in [0.25, 0.3) is 10.9 Å². The smallest absolute Gasteiger partial charge is 0.317 e. The van der Waals surface area contributed by atoms with Gasteiger partial charge in [-0.3, -0.25) is 4.68 Å². The van der Waals surface area contributed by atoms with Gasteiger partial charge in [-0.2, -0.15) is 5.10 Å². The first-order chi connectivity index (χ1) is 12.7. The minimum atomic E-state index is 0.0401. The number of rotatable bonds is 4. The van der Waals surface area contributed by atoms with Gasteiger partial charge in [0, 0.05) is 56.4 Å². The number of nitrogens with zero attached hydrogens (tertiary/aromatic N) is 3. The summed E-state index contributed by atoms with van der Waals surface area (Å²) >= 11 is 0. The predicted octanol–water partition coefficient (Wildman–Crippen LogP) is 3.03. The van der Waals surface area contributed by atoms with Crippen molar-refractivity contribution in [1.29, 1.82) is 0 Å². The number of hydrogen-bond acceptors (Lipinski definition) is 2. The second-order valence-electron chi connectivity index (χ2n) is 7.01. The van der Waals surface area contributed by atoms with Crippen LogP contribution in [0.5, 0.6) is 0 Å². The van der Waals surface area contributed by atoms with Crippen LogP contribution >= 0.6 is 0 Å². The highest BCUT2D eigenvalue weighted by molar-refractivity contribution is 5.83. The van der Waals surface area contributed by atoms with Gasteiger partial charge in [0.15, 0.2) is 0 Å². The van der Waals surface area contributed by atoms with E-state index in [0.717, 1.165) is 38.0 Å². The van der Waals surface area contributed by atoms with E-state index in [9.17, 15) is 4.79 Å². The predicted molar refractivity (Wildman–Crippen MR) is 102 cm³/mol. The molecule has 1 saturated heterocycles. The maximum Gasteiger partial charge on any atom is 0.317 e. The summed E-state index contributed by atoms with van der Waals surface area (Å²) < 4.78 is 1.78. The number of amides is 2. The van der Waals surface area contributed by atoms with Crippen LogP contribution in [0.2, 0.25) is 0 Å². The molecular weight excluding hydrogens is 326 g/mol. The average Bonchev–Trinajstić information content (AvgIpc) is 3.28. The number of para-hydroxylation sites is 1.